The molecular weight excluding hydrogens is 266 g/mol. The molecule has 0 saturated carbocycles. The molecule has 4 nitrogen and oxygen atoms in total. The number of hydrogen-bond acceptors (Lipinski definition) is 4. The normalized spacial score (nSPS) is 16.3. The molecule has 0 aromatic heterocycles. The first-order chi connectivity index (χ1) is 10.3. The minimum atomic E-state index is -0.640. The molecule has 2 aromatic rings. The molecule has 1 aliphatic heterocycles. The van der Waals surface area contributed by atoms with E-state index in [0.717, 1.165) is 22.6 Å². The Labute approximate surface area is 124 Å². The van der Waals surface area contributed by atoms with E-state index in [2.05, 4.69) is 0 Å². The zero-order chi connectivity index (χ0) is 14.7. The van der Waals surface area contributed by atoms with Gasteiger partial charge in [-0.2, -0.15) is 0 Å². The van der Waals surface area contributed by atoms with Gasteiger partial charge in [0.05, 0.1) is 6.10 Å². The lowest BCUT2D eigenvalue weighted by Gasteiger charge is -2.25. The van der Waals surface area contributed by atoms with Crippen molar-refractivity contribution in [2.45, 2.75) is 12.0 Å². The Morgan fingerprint density at radius 1 is 0.952 bits per heavy atom. The van der Waals surface area contributed by atoms with Crippen LogP contribution in [0.1, 0.15) is 23.1 Å². The second kappa shape index (κ2) is 6.16. The van der Waals surface area contributed by atoms with Crippen molar-refractivity contribution < 1.29 is 14.6 Å². The summed E-state index contributed by atoms with van der Waals surface area (Å²) >= 11 is 0. The molecule has 0 radical (unpaired) electrons. The third-order valence-corrected chi connectivity index (χ3v) is 3.77. The van der Waals surface area contributed by atoms with Gasteiger partial charge in [-0.1, -0.05) is 36.4 Å². The number of benzene rings is 2. The fraction of sp³-hybridized carbons (Fsp3) is 0.294. The molecule has 0 aliphatic carbocycles. The van der Waals surface area contributed by atoms with Gasteiger partial charge in [0, 0.05) is 12.5 Å². The van der Waals surface area contributed by atoms with Crippen LogP contribution in [0.5, 0.6) is 11.5 Å². The topological polar surface area (TPSA) is 64.7 Å². The maximum absolute atomic E-state index is 10.6. The summed E-state index contributed by atoms with van der Waals surface area (Å²) in [6.45, 7) is 1.47. The third-order valence-electron chi connectivity index (χ3n) is 3.77. The summed E-state index contributed by atoms with van der Waals surface area (Å²) in [5.74, 6) is 1.29. The molecule has 0 bridgehead atoms. The van der Waals surface area contributed by atoms with Gasteiger partial charge in [-0.05, 0) is 23.3 Å². The van der Waals surface area contributed by atoms with E-state index in [1.165, 1.54) is 0 Å². The van der Waals surface area contributed by atoms with Crippen molar-refractivity contribution in [3.63, 3.8) is 0 Å². The summed E-state index contributed by atoms with van der Waals surface area (Å²) in [4.78, 5) is 0. The smallest absolute Gasteiger partial charge is 0.161 e. The van der Waals surface area contributed by atoms with Gasteiger partial charge in [0.1, 0.15) is 13.2 Å². The highest BCUT2D eigenvalue weighted by atomic mass is 16.6. The number of nitrogens with two attached hydrogens (primary N) is 1. The Morgan fingerprint density at radius 2 is 1.67 bits per heavy atom. The molecule has 0 spiro atoms. The van der Waals surface area contributed by atoms with Crippen molar-refractivity contribution in [1.29, 1.82) is 0 Å². The first kappa shape index (κ1) is 13.9. The average molecular weight is 285 g/mol. The van der Waals surface area contributed by atoms with Gasteiger partial charge in [-0.15, -0.1) is 0 Å². The highest BCUT2D eigenvalue weighted by molar-refractivity contribution is 5.45. The highest BCUT2D eigenvalue weighted by Gasteiger charge is 2.23. The lowest BCUT2D eigenvalue weighted by Crippen LogP contribution is -2.21. The number of aliphatic hydroxyl groups is 1. The Kier molecular flexibility index (Phi) is 4.08. The lowest BCUT2D eigenvalue weighted by atomic mass is 9.89. The van der Waals surface area contributed by atoms with Crippen LogP contribution in [0.4, 0.5) is 0 Å². The van der Waals surface area contributed by atoms with Crippen LogP contribution in [0.3, 0.4) is 0 Å². The fourth-order valence-electron chi connectivity index (χ4n) is 2.62. The molecule has 0 saturated heterocycles. The first-order valence-corrected chi connectivity index (χ1v) is 7.12. The van der Waals surface area contributed by atoms with Crippen LogP contribution in [-0.4, -0.2) is 24.9 Å². The van der Waals surface area contributed by atoms with Crippen molar-refractivity contribution in [3.8, 4) is 11.5 Å². The molecule has 2 atom stereocenters. The van der Waals surface area contributed by atoms with Crippen LogP contribution in [-0.2, 0) is 0 Å². The summed E-state index contributed by atoms with van der Waals surface area (Å²) in [6, 6.07) is 15.3. The van der Waals surface area contributed by atoms with E-state index in [1.807, 2.05) is 48.5 Å². The summed E-state index contributed by atoms with van der Waals surface area (Å²) in [5, 5.41) is 10.6. The van der Waals surface area contributed by atoms with E-state index < -0.39 is 6.10 Å². The fourth-order valence-corrected chi connectivity index (χ4v) is 2.62. The predicted molar refractivity (Wildman–Crippen MR) is 80.6 cm³/mol. The van der Waals surface area contributed by atoms with Gasteiger partial charge in [0.2, 0.25) is 0 Å². The third kappa shape index (κ3) is 2.86. The second-order valence-corrected chi connectivity index (χ2v) is 5.10. The van der Waals surface area contributed by atoms with Gasteiger partial charge in [0.15, 0.2) is 11.5 Å². The molecule has 1 aliphatic rings. The molecule has 3 rings (SSSR count). The van der Waals surface area contributed by atoms with Gasteiger partial charge in [-0.3, -0.25) is 0 Å². The van der Waals surface area contributed by atoms with Gasteiger partial charge >= 0.3 is 0 Å². The molecule has 0 amide bonds. The Balaban J connectivity index is 1.89. The second-order valence-electron chi connectivity index (χ2n) is 5.10. The SMILES string of the molecule is NCC(c1ccc2c(c1)OCCO2)C(O)c1ccccc1. The van der Waals surface area contributed by atoms with E-state index in [-0.39, 0.29) is 5.92 Å². The zero-order valence-corrected chi connectivity index (χ0v) is 11.7. The van der Waals surface area contributed by atoms with E-state index in [1.54, 1.807) is 0 Å². The standard InChI is InChI=1S/C17H19NO3/c18-11-14(17(19)12-4-2-1-3-5-12)13-6-7-15-16(10-13)21-9-8-20-15/h1-7,10,14,17,19H,8-9,11,18H2. The molecule has 1 heterocycles. The highest BCUT2D eigenvalue weighted by Crippen LogP contribution is 2.36. The van der Waals surface area contributed by atoms with Crippen LogP contribution in [0.2, 0.25) is 0 Å². The largest absolute Gasteiger partial charge is 0.486 e. The Bertz CT molecular complexity index is 600. The molecule has 3 N–H and O–H groups in total. The zero-order valence-electron chi connectivity index (χ0n) is 11.7. The number of hydrogen-bond donors (Lipinski definition) is 2. The van der Waals surface area contributed by atoms with Crippen molar-refractivity contribution in [2.75, 3.05) is 19.8 Å². The quantitative estimate of drug-likeness (QED) is 0.904. The van der Waals surface area contributed by atoms with E-state index in [4.69, 9.17) is 15.2 Å². The number of fused-ring (bicyclic) bond motifs is 1. The van der Waals surface area contributed by atoms with E-state index in [0.29, 0.717) is 19.8 Å². The van der Waals surface area contributed by atoms with Crippen molar-refractivity contribution in [1.82, 2.24) is 0 Å². The van der Waals surface area contributed by atoms with Crippen LogP contribution in [0.15, 0.2) is 48.5 Å². The summed E-state index contributed by atoms with van der Waals surface area (Å²) in [7, 11) is 0. The molecule has 2 unspecified atom stereocenters. The van der Waals surface area contributed by atoms with Crippen LogP contribution < -0.4 is 15.2 Å². The van der Waals surface area contributed by atoms with Crippen LogP contribution >= 0.6 is 0 Å². The van der Waals surface area contributed by atoms with Crippen molar-refractivity contribution in [3.05, 3.63) is 59.7 Å². The average Bonchev–Trinajstić information content (AvgIpc) is 2.56. The number of aliphatic hydroxyl groups excluding tert-OH is 1. The molecule has 0 fully saturated rings. The van der Waals surface area contributed by atoms with Crippen LogP contribution in [0, 0.1) is 0 Å². The van der Waals surface area contributed by atoms with Crippen molar-refractivity contribution in [2.24, 2.45) is 5.73 Å². The molecule has 4 heteroatoms. The molecule has 21 heavy (non-hydrogen) atoms. The predicted octanol–water partition coefficient (Wildman–Crippen LogP) is 2.23. The van der Waals surface area contributed by atoms with E-state index in [9.17, 15) is 5.11 Å². The van der Waals surface area contributed by atoms with Gasteiger partial charge in [0.25, 0.3) is 0 Å². The molecular formula is C17H19NO3. The molecule has 110 valence electrons. The van der Waals surface area contributed by atoms with Gasteiger partial charge in [-0.25, -0.2) is 0 Å². The minimum Gasteiger partial charge on any atom is -0.486 e. The maximum atomic E-state index is 10.6. The number of rotatable bonds is 4. The molecule has 2 aromatic carbocycles. The van der Waals surface area contributed by atoms with Crippen molar-refractivity contribution >= 4 is 0 Å². The number of ether oxygens (including phenoxy) is 2. The van der Waals surface area contributed by atoms with Crippen LogP contribution in [0.25, 0.3) is 0 Å². The van der Waals surface area contributed by atoms with E-state index >= 15 is 0 Å². The Morgan fingerprint density at radius 3 is 2.38 bits per heavy atom. The monoisotopic (exact) mass is 285 g/mol. The minimum absolute atomic E-state index is 0.178. The summed E-state index contributed by atoms with van der Waals surface area (Å²) in [5.41, 5.74) is 7.71. The maximum Gasteiger partial charge on any atom is 0.161 e. The van der Waals surface area contributed by atoms with Gasteiger partial charge < -0.3 is 20.3 Å². The first-order valence-electron chi connectivity index (χ1n) is 7.12. The summed E-state index contributed by atoms with van der Waals surface area (Å²) in [6.07, 6.45) is -0.640. The Hall–Kier alpha value is -2.04. The summed E-state index contributed by atoms with van der Waals surface area (Å²) < 4.78 is 11.1. The lowest BCUT2D eigenvalue weighted by molar-refractivity contribution is 0.146.